The van der Waals surface area contributed by atoms with Crippen LogP contribution in [0.3, 0.4) is 0 Å². The molecule has 2 rings (SSSR count). The second kappa shape index (κ2) is 5.06. The van der Waals surface area contributed by atoms with E-state index < -0.39 is 0 Å². The number of methoxy groups -OCH3 is 1. The van der Waals surface area contributed by atoms with Crippen molar-refractivity contribution in [3.63, 3.8) is 0 Å². The maximum absolute atomic E-state index is 6.00. The minimum absolute atomic E-state index is 0.275. The molecule has 0 bridgehead atoms. The van der Waals surface area contributed by atoms with Crippen LogP contribution >= 0.6 is 15.9 Å². The quantitative estimate of drug-likeness (QED) is 0.906. The summed E-state index contributed by atoms with van der Waals surface area (Å²) in [7, 11) is 1.70. The Kier molecular flexibility index (Phi) is 3.71. The van der Waals surface area contributed by atoms with Crippen LogP contribution in [0.1, 0.15) is 12.8 Å². The van der Waals surface area contributed by atoms with Crippen molar-refractivity contribution in [2.24, 2.45) is 5.73 Å². The highest BCUT2D eigenvalue weighted by Gasteiger charge is 2.19. The Balaban J connectivity index is 2.26. The normalized spacial score (nSPS) is 20.9. The lowest BCUT2D eigenvalue weighted by molar-refractivity contribution is 0.410. The highest BCUT2D eigenvalue weighted by molar-refractivity contribution is 9.10. The van der Waals surface area contributed by atoms with E-state index in [-0.39, 0.29) is 6.04 Å². The lowest BCUT2D eigenvalue weighted by Gasteiger charge is -2.33. The molecule has 0 saturated carbocycles. The van der Waals surface area contributed by atoms with Gasteiger partial charge in [-0.3, -0.25) is 0 Å². The van der Waals surface area contributed by atoms with Crippen molar-refractivity contribution < 1.29 is 4.74 Å². The van der Waals surface area contributed by atoms with Crippen molar-refractivity contribution in [3.05, 3.63) is 22.7 Å². The molecule has 0 spiro atoms. The molecular weight excluding hydrogens is 268 g/mol. The van der Waals surface area contributed by atoms with Crippen molar-refractivity contribution in [2.45, 2.75) is 18.9 Å². The van der Waals surface area contributed by atoms with Gasteiger partial charge >= 0.3 is 0 Å². The summed E-state index contributed by atoms with van der Waals surface area (Å²) in [6.07, 6.45) is 2.27. The van der Waals surface area contributed by atoms with Crippen LogP contribution in [-0.4, -0.2) is 26.2 Å². The van der Waals surface area contributed by atoms with E-state index in [0.717, 1.165) is 41.8 Å². The molecule has 1 aromatic rings. The van der Waals surface area contributed by atoms with E-state index in [0.29, 0.717) is 0 Å². The number of piperidine rings is 1. The van der Waals surface area contributed by atoms with Crippen LogP contribution in [0, 0.1) is 0 Å². The zero-order valence-electron chi connectivity index (χ0n) is 9.45. The van der Waals surface area contributed by atoms with Gasteiger partial charge in [0.15, 0.2) is 0 Å². The van der Waals surface area contributed by atoms with Crippen LogP contribution in [-0.2, 0) is 0 Å². The number of hydrogen-bond acceptors (Lipinski definition) is 3. The number of rotatable bonds is 2. The number of nitrogens with two attached hydrogens (primary N) is 1. The van der Waals surface area contributed by atoms with E-state index in [9.17, 15) is 0 Å². The third-order valence-corrected chi connectivity index (χ3v) is 3.43. The number of halogens is 1. The Hall–Kier alpha value is -0.740. The van der Waals surface area contributed by atoms with E-state index in [1.165, 1.54) is 0 Å². The summed E-state index contributed by atoms with van der Waals surface area (Å²) < 4.78 is 6.46. The fourth-order valence-electron chi connectivity index (χ4n) is 2.14. The van der Waals surface area contributed by atoms with Crippen LogP contribution < -0.4 is 15.4 Å². The zero-order valence-corrected chi connectivity index (χ0v) is 11.0. The van der Waals surface area contributed by atoms with Crippen molar-refractivity contribution in [3.8, 4) is 5.75 Å². The smallest absolute Gasteiger partial charge is 0.142 e. The molecule has 1 aromatic carbocycles. The second-order valence-electron chi connectivity index (χ2n) is 4.16. The molecule has 16 heavy (non-hydrogen) atoms. The van der Waals surface area contributed by atoms with E-state index in [4.69, 9.17) is 10.5 Å². The van der Waals surface area contributed by atoms with Gasteiger partial charge < -0.3 is 15.4 Å². The number of anilines is 1. The fourth-order valence-corrected chi connectivity index (χ4v) is 2.49. The summed E-state index contributed by atoms with van der Waals surface area (Å²) in [5.74, 6) is 0.914. The highest BCUT2D eigenvalue weighted by atomic mass is 79.9. The van der Waals surface area contributed by atoms with Crippen LogP contribution in [0.4, 0.5) is 5.69 Å². The molecule has 4 heteroatoms. The predicted octanol–water partition coefficient (Wildman–Crippen LogP) is 2.39. The largest absolute Gasteiger partial charge is 0.495 e. The average molecular weight is 285 g/mol. The number of benzene rings is 1. The Morgan fingerprint density at radius 2 is 2.31 bits per heavy atom. The zero-order chi connectivity index (χ0) is 11.5. The van der Waals surface area contributed by atoms with Gasteiger partial charge in [0.05, 0.1) is 12.8 Å². The number of ether oxygens (including phenoxy) is 1. The van der Waals surface area contributed by atoms with Crippen LogP contribution in [0.2, 0.25) is 0 Å². The van der Waals surface area contributed by atoms with Gasteiger partial charge in [-0.05, 0) is 31.0 Å². The van der Waals surface area contributed by atoms with Gasteiger partial charge in [0, 0.05) is 23.6 Å². The second-order valence-corrected chi connectivity index (χ2v) is 5.08. The molecule has 3 nitrogen and oxygen atoms in total. The first kappa shape index (κ1) is 11.7. The Morgan fingerprint density at radius 3 is 3.00 bits per heavy atom. The molecule has 2 N–H and O–H groups in total. The van der Waals surface area contributed by atoms with Gasteiger partial charge in [-0.15, -0.1) is 0 Å². The van der Waals surface area contributed by atoms with E-state index in [1.807, 2.05) is 12.1 Å². The summed E-state index contributed by atoms with van der Waals surface area (Å²) in [6, 6.07) is 6.35. The van der Waals surface area contributed by atoms with Crippen LogP contribution in [0.25, 0.3) is 0 Å². The summed E-state index contributed by atoms with van der Waals surface area (Å²) in [5, 5.41) is 0. The molecule has 1 atom stereocenters. The molecule has 0 amide bonds. The fraction of sp³-hybridized carbons (Fsp3) is 0.500. The van der Waals surface area contributed by atoms with Crippen molar-refractivity contribution in [2.75, 3.05) is 25.1 Å². The van der Waals surface area contributed by atoms with Gasteiger partial charge in [0.1, 0.15) is 5.75 Å². The van der Waals surface area contributed by atoms with Gasteiger partial charge in [0.25, 0.3) is 0 Å². The molecule has 0 radical (unpaired) electrons. The molecule has 1 heterocycles. The maximum Gasteiger partial charge on any atom is 0.142 e. The molecular formula is C12H17BrN2O. The third kappa shape index (κ3) is 2.50. The molecule has 1 aliphatic heterocycles. The monoisotopic (exact) mass is 284 g/mol. The molecule has 88 valence electrons. The lowest BCUT2D eigenvalue weighted by Crippen LogP contribution is -2.42. The number of hydrogen-bond donors (Lipinski definition) is 1. The molecule has 0 aliphatic carbocycles. The third-order valence-electron chi connectivity index (χ3n) is 2.94. The molecule has 1 unspecified atom stereocenters. The van der Waals surface area contributed by atoms with E-state index >= 15 is 0 Å². The van der Waals surface area contributed by atoms with Crippen LogP contribution in [0.5, 0.6) is 5.75 Å². The van der Waals surface area contributed by atoms with Crippen molar-refractivity contribution in [1.82, 2.24) is 0 Å². The Morgan fingerprint density at radius 1 is 1.50 bits per heavy atom. The minimum atomic E-state index is 0.275. The molecule has 1 aliphatic rings. The first-order valence-electron chi connectivity index (χ1n) is 5.55. The summed E-state index contributed by atoms with van der Waals surface area (Å²) >= 11 is 3.49. The topological polar surface area (TPSA) is 38.5 Å². The Bertz CT molecular complexity index is 370. The number of nitrogens with zero attached hydrogens (tertiary/aromatic N) is 1. The summed E-state index contributed by atoms with van der Waals surface area (Å²) in [5.41, 5.74) is 7.13. The first-order valence-corrected chi connectivity index (χ1v) is 6.34. The SMILES string of the molecule is COc1ccc(Br)cc1N1CCCC(N)C1. The summed E-state index contributed by atoms with van der Waals surface area (Å²) in [4.78, 5) is 2.30. The highest BCUT2D eigenvalue weighted by Crippen LogP contribution is 2.32. The maximum atomic E-state index is 6.00. The van der Waals surface area contributed by atoms with Crippen LogP contribution in [0.15, 0.2) is 22.7 Å². The molecule has 1 saturated heterocycles. The van der Waals surface area contributed by atoms with E-state index in [2.05, 4.69) is 26.9 Å². The molecule has 0 aromatic heterocycles. The van der Waals surface area contributed by atoms with Crippen molar-refractivity contribution >= 4 is 21.6 Å². The Labute approximate surface area is 105 Å². The average Bonchev–Trinajstić information content (AvgIpc) is 2.29. The first-order chi connectivity index (χ1) is 7.70. The van der Waals surface area contributed by atoms with Gasteiger partial charge in [-0.25, -0.2) is 0 Å². The van der Waals surface area contributed by atoms with Gasteiger partial charge in [0.2, 0.25) is 0 Å². The lowest BCUT2D eigenvalue weighted by atomic mass is 10.1. The standard InChI is InChI=1S/C12H17BrN2O/c1-16-12-5-4-9(13)7-11(12)15-6-2-3-10(14)8-15/h4-5,7,10H,2-3,6,8,14H2,1H3. The van der Waals surface area contributed by atoms with Gasteiger partial charge in [-0.2, -0.15) is 0 Å². The van der Waals surface area contributed by atoms with E-state index in [1.54, 1.807) is 7.11 Å². The van der Waals surface area contributed by atoms with Crippen molar-refractivity contribution in [1.29, 1.82) is 0 Å². The molecule has 1 fully saturated rings. The summed E-state index contributed by atoms with van der Waals surface area (Å²) in [6.45, 7) is 1.97. The van der Waals surface area contributed by atoms with Gasteiger partial charge in [-0.1, -0.05) is 15.9 Å². The minimum Gasteiger partial charge on any atom is -0.495 e. The predicted molar refractivity (Wildman–Crippen MR) is 70.1 cm³/mol.